The summed E-state index contributed by atoms with van der Waals surface area (Å²) < 4.78 is 5.04. The number of nitrogens with one attached hydrogen (secondary N) is 1. The van der Waals surface area contributed by atoms with Gasteiger partial charge >= 0.3 is 0 Å². The summed E-state index contributed by atoms with van der Waals surface area (Å²) in [7, 11) is 0. The van der Waals surface area contributed by atoms with E-state index in [-0.39, 0.29) is 11.9 Å². The number of rotatable bonds is 2. The predicted molar refractivity (Wildman–Crippen MR) is 71.4 cm³/mol. The van der Waals surface area contributed by atoms with Crippen molar-refractivity contribution in [3.8, 4) is 0 Å². The SMILES string of the molecule is Cc1cc2ncnc(Cl)c2cc1C(=O)NC1COC1. The van der Waals surface area contributed by atoms with Gasteiger partial charge in [0.05, 0.1) is 24.8 Å². The zero-order valence-electron chi connectivity index (χ0n) is 10.3. The lowest BCUT2D eigenvalue weighted by molar-refractivity contribution is -0.00347. The van der Waals surface area contributed by atoms with Crippen molar-refractivity contribution in [2.75, 3.05) is 13.2 Å². The second-order valence-corrected chi connectivity index (χ2v) is 4.91. The molecule has 0 aliphatic carbocycles. The van der Waals surface area contributed by atoms with E-state index < -0.39 is 0 Å². The molecule has 0 bridgehead atoms. The number of amides is 1. The number of aryl methyl sites for hydroxylation is 1. The maximum atomic E-state index is 12.2. The summed E-state index contributed by atoms with van der Waals surface area (Å²) in [6.45, 7) is 3.02. The molecule has 2 heterocycles. The van der Waals surface area contributed by atoms with Gasteiger partial charge in [0.15, 0.2) is 0 Å². The molecule has 1 amide bonds. The maximum Gasteiger partial charge on any atom is 0.251 e. The van der Waals surface area contributed by atoms with E-state index in [0.29, 0.717) is 29.3 Å². The van der Waals surface area contributed by atoms with Crippen LogP contribution in [-0.2, 0) is 4.74 Å². The number of hydrogen-bond acceptors (Lipinski definition) is 4. The quantitative estimate of drug-likeness (QED) is 0.849. The van der Waals surface area contributed by atoms with Crippen LogP contribution in [0.5, 0.6) is 0 Å². The van der Waals surface area contributed by atoms with E-state index in [0.717, 1.165) is 11.1 Å². The molecule has 6 heteroatoms. The minimum atomic E-state index is -0.118. The third-order valence-electron chi connectivity index (χ3n) is 3.15. The van der Waals surface area contributed by atoms with Crippen molar-refractivity contribution in [2.24, 2.45) is 0 Å². The van der Waals surface area contributed by atoms with Gasteiger partial charge < -0.3 is 10.1 Å². The second kappa shape index (κ2) is 4.75. The normalized spacial score (nSPS) is 15.3. The first-order valence-corrected chi connectivity index (χ1v) is 6.32. The molecule has 1 aliphatic rings. The fourth-order valence-electron chi connectivity index (χ4n) is 2.00. The van der Waals surface area contributed by atoms with Gasteiger partial charge in [0.1, 0.15) is 11.5 Å². The van der Waals surface area contributed by atoms with Gasteiger partial charge in [-0.3, -0.25) is 4.79 Å². The number of aromatic nitrogens is 2. The highest BCUT2D eigenvalue weighted by atomic mass is 35.5. The number of benzene rings is 1. The van der Waals surface area contributed by atoms with Gasteiger partial charge in [-0.25, -0.2) is 9.97 Å². The lowest BCUT2D eigenvalue weighted by atomic mass is 10.0. The van der Waals surface area contributed by atoms with Crippen LogP contribution in [0.3, 0.4) is 0 Å². The van der Waals surface area contributed by atoms with E-state index in [1.54, 1.807) is 6.07 Å². The topological polar surface area (TPSA) is 64.1 Å². The Labute approximate surface area is 114 Å². The summed E-state index contributed by atoms with van der Waals surface area (Å²) in [6, 6.07) is 3.68. The molecule has 0 atom stereocenters. The zero-order valence-corrected chi connectivity index (χ0v) is 11.1. The van der Waals surface area contributed by atoms with Gasteiger partial charge in [0.25, 0.3) is 5.91 Å². The van der Waals surface area contributed by atoms with Crippen LogP contribution in [0.4, 0.5) is 0 Å². The fourth-order valence-corrected chi connectivity index (χ4v) is 2.20. The van der Waals surface area contributed by atoms with E-state index in [2.05, 4.69) is 15.3 Å². The minimum Gasteiger partial charge on any atom is -0.377 e. The molecule has 1 fully saturated rings. The number of nitrogens with zero attached hydrogens (tertiary/aromatic N) is 2. The van der Waals surface area contributed by atoms with E-state index >= 15 is 0 Å². The molecule has 98 valence electrons. The summed E-state index contributed by atoms with van der Waals surface area (Å²) in [5, 5.41) is 3.95. The van der Waals surface area contributed by atoms with Crippen molar-refractivity contribution in [3.05, 3.63) is 34.7 Å². The van der Waals surface area contributed by atoms with Crippen LogP contribution in [0.2, 0.25) is 5.15 Å². The summed E-state index contributed by atoms with van der Waals surface area (Å²) in [5.41, 5.74) is 2.19. The average Bonchev–Trinajstić information content (AvgIpc) is 2.33. The average molecular weight is 278 g/mol. The Balaban J connectivity index is 2.00. The summed E-state index contributed by atoms with van der Waals surface area (Å²) in [6.07, 6.45) is 1.41. The largest absolute Gasteiger partial charge is 0.377 e. The number of ether oxygens (including phenoxy) is 1. The molecule has 1 aromatic heterocycles. The van der Waals surface area contributed by atoms with Crippen LogP contribution in [0.15, 0.2) is 18.5 Å². The van der Waals surface area contributed by atoms with Crippen molar-refractivity contribution in [2.45, 2.75) is 13.0 Å². The highest BCUT2D eigenvalue weighted by Crippen LogP contribution is 2.23. The van der Waals surface area contributed by atoms with Gasteiger partial charge in [-0.1, -0.05) is 11.6 Å². The maximum absolute atomic E-state index is 12.2. The smallest absolute Gasteiger partial charge is 0.251 e. The standard InChI is InChI=1S/C13H12ClN3O2/c1-7-2-11-10(12(14)16-6-15-11)3-9(7)13(18)17-8-4-19-5-8/h2-3,6,8H,4-5H2,1H3,(H,17,18). The third-order valence-corrected chi connectivity index (χ3v) is 3.45. The molecule has 0 unspecified atom stereocenters. The molecule has 1 saturated heterocycles. The highest BCUT2D eigenvalue weighted by molar-refractivity contribution is 6.34. The first-order chi connectivity index (χ1) is 9.15. The first kappa shape index (κ1) is 12.3. The van der Waals surface area contributed by atoms with Crippen LogP contribution < -0.4 is 5.32 Å². The van der Waals surface area contributed by atoms with Gasteiger partial charge in [-0.15, -0.1) is 0 Å². The van der Waals surface area contributed by atoms with Crippen LogP contribution in [0.1, 0.15) is 15.9 Å². The number of carbonyl (C=O) groups is 1. The molecule has 1 N–H and O–H groups in total. The fraction of sp³-hybridized carbons (Fsp3) is 0.308. The molecule has 0 spiro atoms. The molecule has 1 aliphatic heterocycles. The van der Waals surface area contributed by atoms with Crippen molar-refractivity contribution in [3.63, 3.8) is 0 Å². The highest BCUT2D eigenvalue weighted by Gasteiger charge is 2.22. The minimum absolute atomic E-state index is 0.102. The van der Waals surface area contributed by atoms with E-state index in [9.17, 15) is 4.79 Å². The molecular formula is C13H12ClN3O2. The molecule has 1 aromatic carbocycles. The van der Waals surface area contributed by atoms with Gasteiger partial charge in [-0.2, -0.15) is 0 Å². The molecule has 19 heavy (non-hydrogen) atoms. The molecular weight excluding hydrogens is 266 g/mol. The van der Waals surface area contributed by atoms with Crippen LogP contribution in [-0.4, -0.2) is 35.1 Å². The van der Waals surface area contributed by atoms with Gasteiger partial charge in [0, 0.05) is 10.9 Å². The summed E-state index contributed by atoms with van der Waals surface area (Å²) >= 11 is 6.03. The van der Waals surface area contributed by atoms with E-state index in [1.807, 2.05) is 13.0 Å². The Morgan fingerprint density at radius 2 is 2.21 bits per heavy atom. The summed E-state index contributed by atoms with van der Waals surface area (Å²) in [4.78, 5) is 20.2. The van der Waals surface area contributed by atoms with Crippen LogP contribution in [0, 0.1) is 6.92 Å². The number of fused-ring (bicyclic) bond motifs is 1. The molecule has 2 aromatic rings. The zero-order chi connectivity index (χ0) is 13.4. The third kappa shape index (κ3) is 2.27. The Morgan fingerprint density at radius 3 is 2.89 bits per heavy atom. The second-order valence-electron chi connectivity index (χ2n) is 4.56. The Kier molecular flexibility index (Phi) is 3.08. The molecule has 5 nitrogen and oxygen atoms in total. The monoisotopic (exact) mass is 277 g/mol. The van der Waals surface area contributed by atoms with E-state index in [4.69, 9.17) is 16.3 Å². The lowest BCUT2D eigenvalue weighted by Gasteiger charge is -2.27. The predicted octanol–water partition coefficient (Wildman–Crippen LogP) is 1.72. The van der Waals surface area contributed by atoms with Crippen molar-refractivity contribution in [1.29, 1.82) is 0 Å². The van der Waals surface area contributed by atoms with Gasteiger partial charge in [0.2, 0.25) is 0 Å². The Morgan fingerprint density at radius 1 is 1.42 bits per heavy atom. The van der Waals surface area contributed by atoms with Crippen LogP contribution in [0.25, 0.3) is 10.9 Å². The molecule has 0 saturated carbocycles. The number of hydrogen-bond donors (Lipinski definition) is 1. The summed E-state index contributed by atoms with van der Waals surface area (Å²) in [5.74, 6) is -0.118. The Bertz CT molecular complexity index is 656. The van der Waals surface area contributed by atoms with E-state index in [1.165, 1.54) is 6.33 Å². The van der Waals surface area contributed by atoms with Crippen LogP contribution >= 0.6 is 11.6 Å². The van der Waals surface area contributed by atoms with Crippen molar-refractivity contribution in [1.82, 2.24) is 15.3 Å². The van der Waals surface area contributed by atoms with Crippen molar-refractivity contribution < 1.29 is 9.53 Å². The first-order valence-electron chi connectivity index (χ1n) is 5.94. The van der Waals surface area contributed by atoms with Crippen molar-refractivity contribution >= 4 is 28.4 Å². The van der Waals surface area contributed by atoms with Gasteiger partial charge in [-0.05, 0) is 24.6 Å². The molecule has 0 radical (unpaired) electrons. The Hall–Kier alpha value is -1.72. The number of carbonyl (C=O) groups excluding carboxylic acids is 1. The molecule has 3 rings (SSSR count). The lowest BCUT2D eigenvalue weighted by Crippen LogP contribution is -2.48. The number of halogens is 1.